The van der Waals surface area contributed by atoms with Gasteiger partial charge in [-0.2, -0.15) is 0 Å². The van der Waals surface area contributed by atoms with Crippen LogP contribution in [-0.4, -0.2) is 46.7 Å². The number of carbonyl (C=O) groups excluding carboxylic acids is 2. The lowest BCUT2D eigenvalue weighted by atomic mass is 10.1. The van der Waals surface area contributed by atoms with Crippen molar-refractivity contribution in [2.24, 2.45) is 5.92 Å². The molecular weight excluding hydrogens is 462 g/mol. The van der Waals surface area contributed by atoms with E-state index >= 15 is 0 Å². The maximum absolute atomic E-state index is 13.7. The summed E-state index contributed by atoms with van der Waals surface area (Å²) in [6, 6.07) is 15.2. The molecule has 1 amide bonds. The van der Waals surface area contributed by atoms with Crippen LogP contribution in [0.1, 0.15) is 26.3 Å². The van der Waals surface area contributed by atoms with Gasteiger partial charge >= 0.3 is 5.97 Å². The number of fused-ring (bicyclic) bond motifs is 1. The molecule has 182 valence electrons. The molecule has 0 bridgehead atoms. The highest BCUT2D eigenvalue weighted by Crippen LogP contribution is 2.32. The molecule has 0 aliphatic carbocycles. The average molecular weight is 492 g/mol. The highest BCUT2D eigenvalue weighted by atomic mass is 32.1. The van der Waals surface area contributed by atoms with Gasteiger partial charge in [0.05, 0.1) is 19.4 Å². The van der Waals surface area contributed by atoms with Crippen LogP contribution in [0.4, 0.5) is 5.69 Å². The van der Waals surface area contributed by atoms with Crippen LogP contribution >= 0.6 is 12.2 Å². The fraction of sp³-hybridized carbons (Fsp3) is 0.296. The summed E-state index contributed by atoms with van der Waals surface area (Å²) in [4.78, 5) is 28.9. The minimum Gasteiger partial charge on any atom is -0.494 e. The Balaban J connectivity index is 1.79. The van der Waals surface area contributed by atoms with E-state index < -0.39 is 5.97 Å². The average Bonchev–Trinajstić information content (AvgIpc) is 3.29. The summed E-state index contributed by atoms with van der Waals surface area (Å²) in [5, 5.41) is 1.25. The number of amides is 1. The van der Waals surface area contributed by atoms with E-state index in [0.717, 1.165) is 23.0 Å². The molecule has 0 atom stereocenters. The Morgan fingerprint density at radius 1 is 1.11 bits per heavy atom. The van der Waals surface area contributed by atoms with Crippen LogP contribution in [0.2, 0.25) is 0 Å². The minimum absolute atomic E-state index is 0.162. The SMILES string of the molecule is CCOc1ccc(N2C(=O)/C(=C/c3cn(CC(C)C)c4ccccc34)N(CC(=O)OC)C2=S)cc1. The predicted molar refractivity (Wildman–Crippen MR) is 141 cm³/mol. The highest BCUT2D eigenvalue weighted by molar-refractivity contribution is 7.80. The summed E-state index contributed by atoms with van der Waals surface area (Å²) in [6.45, 7) is 7.47. The van der Waals surface area contributed by atoms with Crippen LogP contribution in [-0.2, 0) is 20.9 Å². The Bertz CT molecular complexity index is 1290. The van der Waals surface area contributed by atoms with Gasteiger partial charge in [0.25, 0.3) is 5.91 Å². The first-order valence-corrected chi connectivity index (χ1v) is 12.0. The Morgan fingerprint density at radius 3 is 2.49 bits per heavy atom. The second-order valence-corrected chi connectivity index (χ2v) is 9.05. The van der Waals surface area contributed by atoms with Crippen LogP contribution in [0.15, 0.2) is 60.4 Å². The number of nitrogens with zero attached hydrogens (tertiary/aromatic N) is 3. The molecule has 4 rings (SSSR count). The van der Waals surface area contributed by atoms with E-state index in [4.69, 9.17) is 21.7 Å². The van der Waals surface area contributed by atoms with E-state index in [9.17, 15) is 9.59 Å². The molecule has 3 aromatic rings. The van der Waals surface area contributed by atoms with Crippen molar-refractivity contribution >= 4 is 51.9 Å². The van der Waals surface area contributed by atoms with Crippen molar-refractivity contribution in [3.05, 3.63) is 66.0 Å². The number of methoxy groups -OCH3 is 1. The van der Waals surface area contributed by atoms with E-state index in [-0.39, 0.29) is 17.6 Å². The molecule has 1 aliphatic heterocycles. The van der Waals surface area contributed by atoms with Crippen LogP contribution in [0.25, 0.3) is 17.0 Å². The molecule has 0 saturated carbocycles. The number of ether oxygens (including phenoxy) is 2. The summed E-state index contributed by atoms with van der Waals surface area (Å²) in [5.41, 5.74) is 2.89. The molecule has 1 aliphatic rings. The van der Waals surface area contributed by atoms with Crippen molar-refractivity contribution in [1.82, 2.24) is 9.47 Å². The molecule has 0 unspecified atom stereocenters. The quantitative estimate of drug-likeness (QED) is 0.255. The minimum atomic E-state index is -0.484. The fourth-order valence-corrected chi connectivity index (χ4v) is 4.55. The predicted octanol–water partition coefficient (Wildman–Crippen LogP) is 4.84. The van der Waals surface area contributed by atoms with E-state index in [1.54, 1.807) is 24.3 Å². The molecule has 2 heterocycles. The van der Waals surface area contributed by atoms with E-state index in [1.807, 2.05) is 37.4 Å². The topological polar surface area (TPSA) is 64.0 Å². The summed E-state index contributed by atoms with van der Waals surface area (Å²) >= 11 is 5.67. The van der Waals surface area contributed by atoms with Crippen LogP contribution < -0.4 is 9.64 Å². The van der Waals surface area contributed by atoms with E-state index in [1.165, 1.54) is 16.9 Å². The van der Waals surface area contributed by atoms with Gasteiger partial charge in [0.15, 0.2) is 5.11 Å². The van der Waals surface area contributed by atoms with Crippen molar-refractivity contribution in [3.63, 3.8) is 0 Å². The second-order valence-electron chi connectivity index (χ2n) is 8.69. The lowest BCUT2D eigenvalue weighted by Gasteiger charge is -2.19. The van der Waals surface area contributed by atoms with Crippen molar-refractivity contribution in [2.75, 3.05) is 25.2 Å². The van der Waals surface area contributed by atoms with E-state index in [2.05, 4.69) is 24.5 Å². The lowest BCUT2D eigenvalue weighted by Crippen LogP contribution is -2.35. The Hall–Kier alpha value is -3.65. The monoisotopic (exact) mass is 491 g/mol. The zero-order valence-corrected chi connectivity index (χ0v) is 21.2. The van der Waals surface area contributed by atoms with Gasteiger partial charge in [0.1, 0.15) is 18.0 Å². The number of esters is 1. The standard InChI is InChI=1S/C27H29N3O4S/c1-5-34-21-12-10-20(11-13-21)30-26(32)24(29(27(30)35)17-25(31)33-4)14-19-16-28(15-18(2)3)23-9-7-6-8-22(19)23/h6-14,16,18H,5,15,17H2,1-4H3/b24-14-. The maximum Gasteiger partial charge on any atom is 0.325 e. The van der Waals surface area contributed by atoms with Gasteiger partial charge in [0.2, 0.25) is 0 Å². The number of rotatable bonds is 8. The van der Waals surface area contributed by atoms with Gasteiger partial charge in [-0.3, -0.25) is 14.5 Å². The first-order chi connectivity index (χ1) is 16.8. The molecule has 0 spiro atoms. The van der Waals surface area contributed by atoms with Crippen LogP contribution in [0.5, 0.6) is 5.75 Å². The number of anilines is 1. The van der Waals surface area contributed by atoms with Crippen molar-refractivity contribution in [2.45, 2.75) is 27.3 Å². The van der Waals surface area contributed by atoms with Crippen molar-refractivity contribution < 1.29 is 19.1 Å². The van der Waals surface area contributed by atoms with Gasteiger partial charge in [-0.05, 0) is 61.5 Å². The van der Waals surface area contributed by atoms with Crippen LogP contribution in [0.3, 0.4) is 0 Å². The number of aromatic nitrogens is 1. The number of hydrogen-bond acceptors (Lipinski definition) is 5. The Morgan fingerprint density at radius 2 is 1.83 bits per heavy atom. The number of carbonyl (C=O) groups is 2. The summed E-state index contributed by atoms with van der Waals surface area (Å²) in [6.07, 6.45) is 3.86. The molecule has 0 N–H and O–H groups in total. The molecule has 1 fully saturated rings. The van der Waals surface area contributed by atoms with Gasteiger partial charge in [-0.25, -0.2) is 0 Å². The summed E-state index contributed by atoms with van der Waals surface area (Å²) in [5.74, 6) is 0.373. The first-order valence-electron chi connectivity index (χ1n) is 11.6. The number of para-hydroxylation sites is 1. The highest BCUT2D eigenvalue weighted by Gasteiger charge is 2.40. The third-order valence-electron chi connectivity index (χ3n) is 5.73. The molecule has 1 aromatic heterocycles. The number of thiocarbonyl (C=S) groups is 1. The largest absolute Gasteiger partial charge is 0.494 e. The van der Waals surface area contributed by atoms with Crippen molar-refractivity contribution in [1.29, 1.82) is 0 Å². The van der Waals surface area contributed by atoms with Gasteiger partial charge in [-0.1, -0.05) is 32.0 Å². The fourth-order valence-electron chi connectivity index (χ4n) is 4.19. The summed E-state index contributed by atoms with van der Waals surface area (Å²) in [7, 11) is 1.32. The van der Waals surface area contributed by atoms with E-state index in [0.29, 0.717) is 29.7 Å². The summed E-state index contributed by atoms with van der Waals surface area (Å²) < 4.78 is 12.6. The third-order valence-corrected chi connectivity index (χ3v) is 6.13. The zero-order chi connectivity index (χ0) is 25.1. The smallest absolute Gasteiger partial charge is 0.325 e. The Labute approximate surface area is 210 Å². The molecule has 7 nitrogen and oxygen atoms in total. The van der Waals surface area contributed by atoms with Crippen molar-refractivity contribution in [3.8, 4) is 5.75 Å². The zero-order valence-electron chi connectivity index (χ0n) is 20.4. The molecular formula is C27H29N3O4S. The molecule has 35 heavy (non-hydrogen) atoms. The number of benzene rings is 2. The third kappa shape index (κ3) is 4.93. The Kier molecular flexibility index (Phi) is 7.21. The van der Waals surface area contributed by atoms with Gasteiger partial charge < -0.3 is 18.9 Å². The van der Waals surface area contributed by atoms with Gasteiger partial charge in [-0.15, -0.1) is 0 Å². The second kappa shape index (κ2) is 10.3. The molecule has 8 heteroatoms. The maximum atomic E-state index is 13.7. The number of hydrogen-bond donors (Lipinski definition) is 0. The van der Waals surface area contributed by atoms with Gasteiger partial charge in [0, 0.05) is 29.2 Å². The van der Waals surface area contributed by atoms with Crippen LogP contribution in [0, 0.1) is 5.92 Å². The molecule has 2 aromatic carbocycles. The first kappa shape index (κ1) is 24.5. The molecule has 1 saturated heterocycles. The molecule has 0 radical (unpaired) electrons. The lowest BCUT2D eigenvalue weighted by molar-refractivity contribution is -0.140. The normalized spacial score (nSPS) is 15.1.